The summed E-state index contributed by atoms with van der Waals surface area (Å²) in [7, 11) is 0. The number of thioether (sulfide) groups is 1. The van der Waals surface area contributed by atoms with Crippen LogP contribution in [0.2, 0.25) is 0 Å². The van der Waals surface area contributed by atoms with Gasteiger partial charge in [-0.1, -0.05) is 74.5 Å². The molecule has 2 fully saturated rings. The molecule has 30 heteroatoms. The summed E-state index contributed by atoms with van der Waals surface area (Å²) in [5, 5.41) is 89.1. The summed E-state index contributed by atoms with van der Waals surface area (Å²) in [6.07, 6.45) is -5.39. The largest absolute Gasteiger partial charge is 0.481 e. The van der Waals surface area contributed by atoms with Gasteiger partial charge in [-0.2, -0.15) is 0 Å². The van der Waals surface area contributed by atoms with Crippen LogP contribution in [0, 0.1) is 11.8 Å². The van der Waals surface area contributed by atoms with Crippen LogP contribution in [0.25, 0.3) is 0 Å². The minimum atomic E-state index is -1.95. The highest BCUT2D eigenvalue weighted by Crippen LogP contribution is 2.28. The molecule has 2 aromatic carbocycles. The normalized spacial score (nSPS) is 20.6. The van der Waals surface area contributed by atoms with Crippen molar-refractivity contribution in [3.8, 4) is 0 Å². The summed E-state index contributed by atoms with van der Waals surface area (Å²) >= 11 is 0.937. The van der Waals surface area contributed by atoms with Gasteiger partial charge in [0.25, 0.3) is 0 Å². The van der Waals surface area contributed by atoms with E-state index in [0.717, 1.165) is 23.6 Å². The third kappa shape index (κ3) is 24.7. The smallest absolute Gasteiger partial charge is 0.326 e. The first-order valence-electron chi connectivity index (χ1n) is 29.6. The number of aliphatic hydroxyl groups excluding tert-OH is 4. The molecule has 2 aromatic rings. The van der Waals surface area contributed by atoms with Crippen molar-refractivity contribution < 1.29 is 93.3 Å². The van der Waals surface area contributed by atoms with Crippen molar-refractivity contribution in [2.24, 2.45) is 17.6 Å². The summed E-state index contributed by atoms with van der Waals surface area (Å²) < 4.78 is 0. The second-order valence-electron chi connectivity index (χ2n) is 22.6. The number of benzene rings is 2. The number of likely N-dealkylation sites (tertiary alicyclic amines) is 1. The Kier molecular flexibility index (Phi) is 31.0. The molecule has 29 nitrogen and oxygen atoms in total. The van der Waals surface area contributed by atoms with Crippen molar-refractivity contribution in [3.05, 3.63) is 71.8 Å². The van der Waals surface area contributed by atoms with Crippen LogP contribution in [0.15, 0.2) is 60.7 Å². The lowest BCUT2D eigenvalue weighted by atomic mass is 9.80. The van der Waals surface area contributed by atoms with E-state index in [4.69, 9.17) is 5.73 Å². The highest BCUT2D eigenvalue weighted by molar-refractivity contribution is 8.00. The van der Waals surface area contributed by atoms with Gasteiger partial charge >= 0.3 is 17.9 Å². The van der Waals surface area contributed by atoms with Crippen LogP contribution in [-0.2, 0) is 70.4 Å². The number of amides is 9. The van der Waals surface area contributed by atoms with Gasteiger partial charge in [0.2, 0.25) is 53.2 Å². The Morgan fingerprint density at radius 2 is 1.12 bits per heavy atom. The molecule has 1 saturated heterocycles. The second kappa shape index (κ2) is 37.4. The summed E-state index contributed by atoms with van der Waals surface area (Å²) in [6.45, 7) is 4.56. The van der Waals surface area contributed by atoms with E-state index in [-0.39, 0.29) is 76.3 Å². The molecule has 1 aliphatic carbocycles. The van der Waals surface area contributed by atoms with Gasteiger partial charge in [0, 0.05) is 57.4 Å². The van der Waals surface area contributed by atoms with Crippen molar-refractivity contribution in [2.75, 3.05) is 32.0 Å². The Morgan fingerprint density at radius 1 is 0.618 bits per heavy atom. The molecule has 9 amide bonds. The van der Waals surface area contributed by atoms with E-state index in [0.29, 0.717) is 30.4 Å². The molecule has 0 spiro atoms. The molecule has 1 saturated carbocycles. The maximum Gasteiger partial charge on any atom is 0.326 e. The fourth-order valence-electron chi connectivity index (χ4n) is 10.2. The lowest BCUT2D eigenvalue weighted by molar-refractivity contribution is -0.144. The molecule has 4 rings (SSSR count). The standard InChI is InChI=1S/C59H86N10O19S/c1-32(2)24-42(59(87)88)68-53(81)38(19-20-47(74)75)64-56(84)41(28-48(76)77)67-52(80)37(18-10-11-21-60)63-54(82)39(25-34-14-6-4-7-15-34)65-55(83)40(26-35-16-8-5-9-17-35)66-57(85)43(62-33(3)71)31-89-45-29-46(73)69(58(45)86)23-13-12-22-61-49-44(72)27-36(30-70)50(78)51(49)79/h4-9,14-17,32,36-45,49-51,61,70,72,78-79H,10-13,18-31,60H2,1-3H3,(H,62,71)(H,63,82)(H,64,84)(H,65,83)(H,66,85)(H,67,80)(H,68,81)(H,74,75)(H,76,77)(H,87,88)/t36-,37?,38?,39?,40?,41?,42?,43?,44?,45?,49+,50-,51-/m1/s1. The quantitative estimate of drug-likeness (QED) is 0.0237. The molecule has 1 aliphatic heterocycles. The van der Waals surface area contributed by atoms with Gasteiger partial charge in [0.1, 0.15) is 42.3 Å². The Labute approximate surface area is 519 Å². The number of rotatable bonds is 39. The number of carbonyl (C=O) groups excluding carboxylic acids is 9. The molecule has 0 bridgehead atoms. The molecule has 2 aliphatic rings. The predicted octanol–water partition coefficient (Wildman–Crippen LogP) is -2.82. The van der Waals surface area contributed by atoms with Crippen LogP contribution in [0.5, 0.6) is 0 Å². The third-order valence-electron chi connectivity index (χ3n) is 15.0. The number of carboxylic acids is 3. The van der Waals surface area contributed by atoms with Crippen LogP contribution < -0.4 is 48.3 Å². The van der Waals surface area contributed by atoms with E-state index in [1.807, 2.05) is 0 Å². The fraction of sp³-hybridized carbons (Fsp3) is 0.593. The fourth-order valence-corrected chi connectivity index (χ4v) is 11.4. The SMILES string of the molecule is CC(=O)NC(CSC1CC(=O)N(CCCCN[C@H]2C(O)C[C@H](CO)[C@@H](O)[C@@H]2O)C1=O)C(=O)NC(Cc1ccccc1)C(=O)NC(Cc1ccccc1)C(=O)NC(CCCCN)C(=O)NC(CC(=O)O)C(=O)NC(CCC(=O)O)C(=O)NC(CC(C)C)C(=O)O. The summed E-state index contributed by atoms with van der Waals surface area (Å²) in [5.41, 5.74) is 6.83. The summed E-state index contributed by atoms with van der Waals surface area (Å²) in [6, 6.07) is 4.91. The first-order valence-corrected chi connectivity index (χ1v) is 30.7. The summed E-state index contributed by atoms with van der Waals surface area (Å²) in [4.78, 5) is 161. The molecule has 9 unspecified atom stereocenters. The van der Waals surface area contributed by atoms with Crippen molar-refractivity contribution in [1.29, 1.82) is 0 Å². The van der Waals surface area contributed by atoms with Crippen LogP contribution in [0.4, 0.5) is 0 Å². The first-order chi connectivity index (χ1) is 42.2. The number of aliphatic hydroxyl groups is 4. The molecular formula is C59H86N10O19S. The lowest BCUT2D eigenvalue weighted by Crippen LogP contribution is -2.60. The minimum Gasteiger partial charge on any atom is -0.481 e. The summed E-state index contributed by atoms with van der Waals surface area (Å²) in [5.74, 6) is -13.4. The average Bonchev–Trinajstić information content (AvgIpc) is 2.45. The van der Waals surface area contributed by atoms with Crippen LogP contribution in [0.1, 0.15) is 103 Å². The zero-order valence-electron chi connectivity index (χ0n) is 50.0. The maximum absolute atomic E-state index is 14.7. The van der Waals surface area contributed by atoms with Gasteiger partial charge in [-0.25, -0.2) is 4.79 Å². The van der Waals surface area contributed by atoms with Gasteiger partial charge in [-0.3, -0.25) is 57.6 Å². The number of carboxylic acid groups (broad SMARTS) is 3. The number of imide groups is 1. The maximum atomic E-state index is 14.7. The van der Waals surface area contributed by atoms with Crippen molar-refractivity contribution >= 4 is 82.8 Å². The zero-order valence-corrected chi connectivity index (χ0v) is 50.9. The van der Waals surface area contributed by atoms with Crippen molar-refractivity contribution in [1.82, 2.24) is 47.4 Å². The first kappa shape index (κ1) is 73.9. The van der Waals surface area contributed by atoms with Gasteiger partial charge < -0.3 is 84.0 Å². The number of unbranched alkanes of at least 4 members (excludes halogenated alkanes) is 2. The van der Waals surface area contributed by atoms with Gasteiger partial charge in [-0.15, -0.1) is 11.8 Å². The van der Waals surface area contributed by atoms with E-state index in [1.165, 1.54) is 0 Å². The molecule has 492 valence electrons. The Bertz CT molecular complexity index is 2730. The van der Waals surface area contributed by atoms with E-state index in [2.05, 4.69) is 42.5 Å². The van der Waals surface area contributed by atoms with Gasteiger partial charge in [0.15, 0.2) is 0 Å². The molecule has 89 heavy (non-hydrogen) atoms. The Hall–Kier alpha value is -7.61. The number of hydrogen-bond acceptors (Lipinski definition) is 19. The number of hydrogen-bond donors (Lipinski definition) is 16. The van der Waals surface area contributed by atoms with E-state index in [1.54, 1.807) is 74.5 Å². The monoisotopic (exact) mass is 1270 g/mol. The molecule has 13 atom stereocenters. The Morgan fingerprint density at radius 3 is 1.63 bits per heavy atom. The number of nitrogens with zero attached hydrogens (tertiary/aromatic N) is 1. The lowest BCUT2D eigenvalue weighted by Gasteiger charge is -2.40. The molecular weight excluding hydrogens is 1180 g/mol. The number of nitrogens with one attached hydrogen (secondary N) is 8. The van der Waals surface area contributed by atoms with Crippen molar-refractivity contribution in [3.63, 3.8) is 0 Å². The third-order valence-corrected chi connectivity index (χ3v) is 16.3. The van der Waals surface area contributed by atoms with Gasteiger partial charge in [0.05, 0.1) is 36.0 Å². The van der Waals surface area contributed by atoms with Crippen LogP contribution in [0.3, 0.4) is 0 Å². The van der Waals surface area contributed by atoms with Crippen molar-refractivity contribution in [2.45, 2.75) is 176 Å². The highest BCUT2D eigenvalue weighted by Gasteiger charge is 2.43. The average molecular weight is 1270 g/mol. The van der Waals surface area contributed by atoms with Crippen LogP contribution in [-0.4, -0.2) is 216 Å². The molecule has 0 aromatic heterocycles. The van der Waals surface area contributed by atoms with E-state index in [9.17, 15) is 93.3 Å². The highest BCUT2D eigenvalue weighted by atomic mass is 32.2. The Balaban J connectivity index is 1.53. The molecule has 1 heterocycles. The zero-order chi connectivity index (χ0) is 65.9. The van der Waals surface area contributed by atoms with E-state index < -0.39 is 175 Å². The van der Waals surface area contributed by atoms with Crippen LogP contribution >= 0.6 is 11.8 Å². The van der Waals surface area contributed by atoms with E-state index >= 15 is 0 Å². The minimum absolute atomic E-state index is 0.0330. The molecule has 17 N–H and O–H groups in total. The number of aliphatic carboxylic acids is 3. The second-order valence-corrected chi connectivity index (χ2v) is 23.8. The number of nitrogens with two attached hydrogens (primary N) is 1. The molecule has 0 radical (unpaired) electrons. The predicted molar refractivity (Wildman–Crippen MR) is 320 cm³/mol. The van der Waals surface area contributed by atoms with Gasteiger partial charge in [-0.05, 0) is 81.5 Å². The topological polar surface area (TPSA) is 472 Å². The number of carbonyl (C=O) groups is 12.